The Morgan fingerprint density at radius 1 is 1.50 bits per heavy atom. The maximum atomic E-state index is 6.18. The summed E-state index contributed by atoms with van der Waals surface area (Å²) in [6.07, 6.45) is 1.52. The summed E-state index contributed by atoms with van der Waals surface area (Å²) in [6, 6.07) is 0. The van der Waals surface area contributed by atoms with Gasteiger partial charge in [-0.05, 0) is 6.92 Å². The van der Waals surface area contributed by atoms with E-state index in [1.54, 1.807) is 4.52 Å². The minimum absolute atomic E-state index is 0.511. The highest BCUT2D eigenvalue weighted by Crippen LogP contribution is 2.29. The SMILES string of the molecule is Cc1c(Cl)nc2ncnn2c1N1CCSC(C)C1. The lowest BCUT2D eigenvalue weighted by Crippen LogP contribution is -2.38. The van der Waals surface area contributed by atoms with Crippen LogP contribution in [-0.2, 0) is 0 Å². The summed E-state index contributed by atoms with van der Waals surface area (Å²) >= 11 is 8.18. The maximum Gasteiger partial charge on any atom is 0.255 e. The zero-order valence-corrected chi connectivity index (χ0v) is 11.9. The standard InChI is InChI=1S/C11H14ClN5S/c1-7-5-16(3-4-18-7)10-8(2)9(12)15-11-13-6-14-17(10)11/h6-7H,3-5H2,1-2H3. The molecule has 1 aliphatic heterocycles. The van der Waals surface area contributed by atoms with E-state index in [-0.39, 0.29) is 0 Å². The molecule has 3 rings (SSSR count). The fourth-order valence-electron chi connectivity index (χ4n) is 2.27. The minimum Gasteiger partial charge on any atom is -0.354 e. The van der Waals surface area contributed by atoms with E-state index in [2.05, 4.69) is 26.9 Å². The molecule has 7 heteroatoms. The van der Waals surface area contributed by atoms with Gasteiger partial charge in [-0.3, -0.25) is 0 Å². The van der Waals surface area contributed by atoms with Gasteiger partial charge in [0, 0.05) is 29.7 Å². The van der Waals surface area contributed by atoms with Gasteiger partial charge in [0.25, 0.3) is 5.78 Å². The van der Waals surface area contributed by atoms with Gasteiger partial charge < -0.3 is 4.90 Å². The molecule has 0 spiro atoms. The van der Waals surface area contributed by atoms with E-state index in [9.17, 15) is 0 Å². The molecule has 1 saturated heterocycles. The highest BCUT2D eigenvalue weighted by Gasteiger charge is 2.23. The first-order valence-corrected chi connectivity index (χ1v) is 7.32. The fraction of sp³-hybridized carbons (Fsp3) is 0.545. The van der Waals surface area contributed by atoms with Gasteiger partial charge in [-0.15, -0.1) is 0 Å². The van der Waals surface area contributed by atoms with Gasteiger partial charge in [-0.1, -0.05) is 18.5 Å². The van der Waals surface area contributed by atoms with Crippen molar-refractivity contribution in [2.45, 2.75) is 19.1 Å². The number of thioether (sulfide) groups is 1. The molecule has 0 bridgehead atoms. The fourth-order valence-corrected chi connectivity index (χ4v) is 3.44. The number of fused-ring (bicyclic) bond motifs is 1. The molecule has 0 saturated carbocycles. The Kier molecular flexibility index (Phi) is 3.07. The van der Waals surface area contributed by atoms with Crippen LogP contribution in [0.4, 0.5) is 5.82 Å². The number of aromatic nitrogens is 4. The highest BCUT2D eigenvalue weighted by molar-refractivity contribution is 8.00. The molecular formula is C11H14ClN5S. The third-order valence-electron chi connectivity index (χ3n) is 3.11. The second kappa shape index (κ2) is 4.59. The van der Waals surface area contributed by atoms with Crippen molar-refractivity contribution >= 4 is 35.0 Å². The third kappa shape index (κ3) is 1.93. The minimum atomic E-state index is 0.511. The van der Waals surface area contributed by atoms with E-state index >= 15 is 0 Å². The Bertz CT molecular complexity index is 584. The van der Waals surface area contributed by atoms with Crippen molar-refractivity contribution in [2.75, 3.05) is 23.7 Å². The van der Waals surface area contributed by atoms with Crippen LogP contribution in [0.2, 0.25) is 5.15 Å². The zero-order chi connectivity index (χ0) is 12.7. The summed E-state index contributed by atoms with van der Waals surface area (Å²) in [4.78, 5) is 10.7. The molecule has 1 unspecified atom stereocenters. The van der Waals surface area contributed by atoms with Gasteiger partial charge in [0.05, 0.1) is 0 Å². The Hall–Kier alpha value is -1.01. The summed E-state index contributed by atoms with van der Waals surface area (Å²) in [5, 5.41) is 5.38. The Morgan fingerprint density at radius 2 is 2.33 bits per heavy atom. The van der Waals surface area contributed by atoms with Crippen LogP contribution in [0, 0.1) is 6.92 Å². The molecule has 1 aliphatic rings. The summed E-state index contributed by atoms with van der Waals surface area (Å²) in [5.41, 5.74) is 0.966. The molecule has 0 aromatic carbocycles. The number of hydrogen-bond acceptors (Lipinski definition) is 5. The summed E-state index contributed by atoms with van der Waals surface area (Å²) in [6.45, 7) is 6.23. The Balaban J connectivity index is 2.14. The number of nitrogens with zero attached hydrogens (tertiary/aromatic N) is 5. The van der Waals surface area contributed by atoms with Gasteiger partial charge in [-0.2, -0.15) is 31.3 Å². The molecule has 1 fully saturated rings. The normalized spacial score (nSPS) is 20.6. The van der Waals surface area contributed by atoms with E-state index in [1.165, 1.54) is 6.33 Å². The first-order chi connectivity index (χ1) is 8.66. The number of hydrogen-bond donors (Lipinski definition) is 0. The molecule has 0 aliphatic carbocycles. The molecule has 18 heavy (non-hydrogen) atoms. The van der Waals surface area contributed by atoms with Gasteiger partial charge in [0.2, 0.25) is 0 Å². The van der Waals surface area contributed by atoms with Crippen molar-refractivity contribution in [3.8, 4) is 0 Å². The molecule has 5 nitrogen and oxygen atoms in total. The van der Waals surface area contributed by atoms with E-state index in [4.69, 9.17) is 11.6 Å². The summed E-state index contributed by atoms with van der Waals surface area (Å²) < 4.78 is 1.78. The Morgan fingerprint density at radius 3 is 3.11 bits per heavy atom. The molecule has 1 atom stereocenters. The molecule has 2 aromatic heterocycles. The quantitative estimate of drug-likeness (QED) is 0.750. The lowest BCUT2D eigenvalue weighted by atomic mass is 10.3. The number of anilines is 1. The highest BCUT2D eigenvalue weighted by atomic mass is 35.5. The first kappa shape index (κ1) is 12.0. The first-order valence-electron chi connectivity index (χ1n) is 5.89. The van der Waals surface area contributed by atoms with Crippen LogP contribution >= 0.6 is 23.4 Å². The smallest absolute Gasteiger partial charge is 0.255 e. The second-order valence-corrected chi connectivity index (χ2v) is 6.35. The molecule has 2 aromatic rings. The largest absolute Gasteiger partial charge is 0.354 e. The topological polar surface area (TPSA) is 46.3 Å². The Labute approximate surface area is 115 Å². The lowest BCUT2D eigenvalue weighted by Gasteiger charge is -2.33. The average Bonchev–Trinajstić information content (AvgIpc) is 2.78. The number of rotatable bonds is 1. The monoisotopic (exact) mass is 283 g/mol. The third-order valence-corrected chi connectivity index (χ3v) is 4.62. The van der Waals surface area contributed by atoms with Crippen LogP contribution in [0.15, 0.2) is 6.33 Å². The van der Waals surface area contributed by atoms with Crippen LogP contribution < -0.4 is 4.90 Å². The van der Waals surface area contributed by atoms with Crippen molar-refractivity contribution in [1.82, 2.24) is 19.6 Å². The van der Waals surface area contributed by atoms with Gasteiger partial charge in [-0.25, -0.2) is 0 Å². The molecule has 96 valence electrons. The van der Waals surface area contributed by atoms with Crippen molar-refractivity contribution in [2.24, 2.45) is 0 Å². The van der Waals surface area contributed by atoms with E-state index in [1.807, 2.05) is 18.7 Å². The predicted octanol–water partition coefficient (Wildman–Crippen LogP) is 2.03. The predicted molar refractivity (Wildman–Crippen MR) is 74.7 cm³/mol. The van der Waals surface area contributed by atoms with Crippen LogP contribution in [-0.4, -0.2) is 43.7 Å². The molecule has 0 amide bonds. The molecule has 0 radical (unpaired) electrons. The molecular weight excluding hydrogens is 270 g/mol. The summed E-state index contributed by atoms with van der Waals surface area (Å²) in [5.74, 6) is 2.71. The van der Waals surface area contributed by atoms with Crippen molar-refractivity contribution in [1.29, 1.82) is 0 Å². The molecule has 0 N–H and O–H groups in total. The lowest BCUT2D eigenvalue weighted by molar-refractivity contribution is 0.741. The average molecular weight is 284 g/mol. The van der Waals surface area contributed by atoms with Crippen LogP contribution in [0.5, 0.6) is 0 Å². The van der Waals surface area contributed by atoms with Crippen LogP contribution in [0.1, 0.15) is 12.5 Å². The van der Waals surface area contributed by atoms with E-state index < -0.39 is 0 Å². The van der Waals surface area contributed by atoms with E-state index in [0.29, 0.717) is 16.2 Å². The van der Waals surface area contributed by atoms with Crippen molar-refractivity contribution in [3.05, 3.63) is 17.0 Å². The van der Waals surface area contributed by atoms with Crippen molar-refractivity contribution < 1.29 is 0 Å². The summed E-state index contributed by atoms with van der Waals surface area (Å²) in [7, 11) is 0. The zero-order valence-electron chi connectivity index (χ0n) is 10.3. The van der Waals surface area contributed by atoms with Crippen LogP contribution in [0.25, 0.3) is 5.78 Å². The molecule has 3 heterocycles. The maximum absolute atomic E-state index is 6.18. The number of halogens is 1. The van der Waals surface area contributed by atoms with Crippen LogP contribution in [0.3, 0.4) is 0 Å². The van der Waals surface area contributed by atoms with Gasteiger partial charge in [0.15, 0.2) is 0 Å². The van der Waals surface area contributed by atoms with E-state index in [0.717, 1.165) is 30.2 Å². The van der Waals surface area contributed by atoms with Gasteiger partial charge in [0.1, 0.15) is 17.3 Å². The second-order valence-electron chi connectivity index (χ2n) is 4.45. The van der Waals surface area contributed by atoms with Crippen molar-refractivity contribution in [3.63, 3.8) is 0 Å². The van der Waals surface area contributed by atoms with Gasteiger partial charge >= 0.3 is 0 Å².